The Balaban J connectivity index is 0.985. The van der Waals surface area contributed by atoms with Crippen molar-refractivity contribution in [3.8, 4) is 22.8 Å². The van der Waals surface area contributed by atoms with Crippen molar-refractivity contribution in [2.45, 2.75) is 89.9 Å². The topological polar surface area (TPSA) is 153 Å². The molecular formula is C45H53N7O7. The van der Waals surface area contributed by atoms with E-state index in [1.165, 1.54) is 0 Å². The first-order valence-corrected chi connectivity index (χ1v) is 19.9. The number of aryl methyl sites for hydroxylation is 2. The number of benzene rings is 2. The molecule has 59 heavy (non-hydrogen) atoms. The van der Waals surface area contributed by atoms with Crippen LogP contribution in [0.5, 0.6) is 0 Å². The van der Waals surface area contributed by atoms with Crippen LogP contribution in [0.3, 0.4) is 0 Å². The number of anilines is 2. The second-order valence-corrected chi connectivity index (χ2v) is 17.3. The molecule has 2 aliphatic heterocycles. The molecule has 0 aliphatic carbocycles. The Morgan fingerprint density at radius 2 is 1.07 bits per heavy atom. The van der Waals surface area contributed by atoms with Crippen molar-refractivity contribution in [3.63, 3.8) is 0 Å². The van der Waals surface area contributed by atoms with E-state index in [1.54, 1.807) is 100 Å². The number of aromatic nitrogens is 3. The van der Waals surface area contributed by atoms with Crippen LogP contribution in [-0.2, 0) is 33.2 Å². The van der Waals surface area contributed by atoms with E-state index in [2.05, 4.69) is 15.6 Å². The number of carbonyl (C=O) groups is 4. The third kappa shape index (κ3) is 9.50. The SMILES string of the molecule is Cn1cccc1C(=O)N1CC(OC(C)(C)C)CC1C(=O)Nc1ccc(-c2cnc(-c3ccc(NC(=O)C4CC(OC(C)(C)C)CN4C(=O)c4cccn4C)cc3)o2)cc1. The Hall–Kier alpha value is -5.99. The normalized spacial score (nSPS) is 19.6. The third-order valence-corrected chi connectivity index (χ3v) is 10.4. The first kappa shape index (κ1) is 41.2. The molecule has 310 valence electrons. The van der Waals surface area contributed by atoms with Gasteiger partial charge in [-0.05, 0) is 114 Å². The number of nitrogens with zero attached hydrogens (tertiary/aromatic N) is 5. The maximum absolute atomic E-state index is 13.7. The van der Waals surface area contributed by atoms with Crippen molar-refractivity contribution in [1.82, 2.24) is 23.9 Å². The van der Waals surface area contributed by atoms with Gasteiger partial charge in [0.2, 0.25) is 17.7 Å². The molecule has 14 nitrogen and oxygen atoms in total. The van der Waals surface area contributed by atoms with Gasteiger partial charge in [0.05, 0.1) is 29.6 Å². The number of likely N-dealkylation sites (tertiary alicyclic amines) is 2. The quantitative estimate of drug-likeness (QED) is 0.157. The third-order valence-electron chi connectivity index (χ3n) is 10.4. The molecule has 5 aromatic rings. The van der Waals surface area contributed by atoms with Crippen LogP contribution in [0.15, 0.2) is 95.8 Å². The molecule has 0 radical (unpaired) electrons. The zero-order chi connectivity index (χ0) is 42.2. The summed E-state index contributed by atoms with van der Waals surface area (Å²) in [6.07, 6.45) is 5.44. The molecule has 3 aromatic heterocycles. The fraction of sp³-hybridized carbons (Fsp3) is 0.400. The molecule has 4 amide bonds. The predicted molar refractivity (Wildman–Crippen MR) is 224 cm³/mol. The van der Waals surface area contributed by atoms with Gasteiger partial charge in [-0.3, -0.25) is 19.2 Å². The first-order valence-electron chi connectivity index (χ1n) is 19.9. The number of ether oxygens (including phenoxy) is 2. The number of carbonyl (C=O) groups excluding carboxylic acids is 4. The lowest BCUT2D eigenvalue weighted by Crippen LogP contribution is -2.43. The van der Waals surface area contributed by atoms with Gasteiger partial charge >= 0.3 is 0 Å². The number of hydrogen-bond acceptors (Lipinski definition) is 8. The number of rotatable bonds is 10. The van der Waals surface area contributed by atoms with Gasteiger partial charge in [-0.15, -0.1) is 0 Å². The highest BCUT2D eigenvalue weighted by Crippen LogP contribution is 2.31. The van der Waals surface area contributed by atoms with E-state index in [9.17, 15) is 19.2 Å². The van der Waals surface area contributed by atoms with Gasteiger partial charge in [0.25, 0.3) is 11.8 Å². The largest absolute Gasteiger partial charge is 0.436 e. The summed E-state index contributed by atoms with van der Waals surface area (Å²) in [6.45, 7) is 12.4. The average molecular weight is 804 g/mol. The molecule has 0 saturated carbocycles. The van der Waals surface area contributed by atoms with Crippen molar-refractivity contribution in [2.75, 3.05) is 23.7 Å². The molecule has 2 N–H and O–H groups in total. The Labute approximate surface area is 344 Å². The fourth-order valence-corrected chi connectivity index (χ4v) is 7.78. The van der Waals surface area contributed by atoms with Crippen LogP contribution in [0.2, 0.25) is 0 Å². The van der Waals surface area contributed by atoms with Crippen LogP contribution < -0.4 is 10.6 Å². The minimum absolute atomic E-state index is 0.221. The van der Waals surface area contributed by atoms with Gasteiger partial charge in [-0.1, -0.05) is 0 Å². The molecule has 2 saturated heterocycles. The van der Waals surface area contributed by atoms with Gasteiger partial charge in [-0.2, -0.15) is 0 Å². The lowest BCUT2D eigenvalue weighted by molar-refractivity contribution is -0.120. The van der Waals surface area contributed by atoms with Crippen LogP contribution in [0.25, 0.3) is 22.8 Å². The number of hydrogen-bond donors (Lipinski definition) is 2. The highest BCUT2D eigenvalue weighted by atomic mass is 16.5. The summed E-state index contributed by atoms with van der Waals surface area (Å²) < 4.78 is 22.0. The van der Waals surface area contributed by atoms with E-state index >= 15 is 0 Å². The monoisotopic (exact) mass is 803 g/mol. The van der Waals surface area contributed by atoms with Crippen LogP contribution in [-0.4, -0.2) is 96.1 Å². The average Bonchev–Trinajstić information content (AvgIpc) is 4.02. The molecular weight excluding hydrogens is 751 g/mol. The van der Waals surface area contributed by atoms with E-state index in [4.69, 9.17) is 13.9 Å². The zero-order valence-electron chi connectivity index (χ0n) is 34.9. The molecule has 0 spiro atoms. The number of oxazole rings is 1. The highest BCUT2D eigenvalue weighted by molar-refractivity contribution is 6.02. The predicted octanol–water partition coefficient (Wildman–Crippen LogP) is 6.76. The smallest absolute Gasteiger partial charge is 0.271 e. The molecule has 0 bridgehead atoms. The molecule has 2 fully saturated rings. The van der Waals surface area contributed by atoms with Crippen molar-refractivity contribution in [1.29, 1.82) is 0 Å². The van der Waals surface area contributed by atoms with Crippen molar-refractivity contribution in [3.05, 3.63) is 103 Å². The van der Waals surface area contributed by atoms with E-state index in [0.717, 1.165) is 5.56 Å². The molecule has 5 heterocycles. The van der Waals surface area contributed by atoms with E-state index in [1.807, 2.05) is 65.8 Å². The molecule has 7 rings (SSSR count). The Morgan fingerprint density at radius 1 is 0.644 bits per heavy atom. The van der Waals surface area contributed by atoms with E-state index in [-0.39, 0.29) is 35.8 Å². The Bertz CT molecular complexity index is 2150. The molecule has 2 aromatic carbocycles. The van der Waals surface area contributed by atoms with Crippen molar-refractivity contribution in [2.24, 2.45) is 14.1 Å². The zero-order valence-corrected chi connectivity index (χ0v) is 34.9. The van der Waals surface area contributed by atoms with Crippen LogP contribution in [0.1, 0.15) is 75.4 Å². The summed E-state index contributed by atoms with van der Waals surface area (Å²) in [5.41, 5.74) is 2.75. The summed E-state index contributed by atoms with van der Waals surface area (Å²) in [5, 5.41) is 5.97. The molecule has 2 aliphatic rings. The maximum atomic E-state index is 13.7. The van der Waals surface area contributed by atoms with Crippen molar-refractivity contribution >= 4 is 35.0 Å². The number of amides is 4. The van der Waals surface area contributed by atoms with Gasteiger partial charge < -0.3 is 43.5 Å². The van der Waals surface area contributed by atoms with Gasteiger partial charge in [0.1, 0.15) is 23.5 Å². The van der Waals surface area contributed by atoms with Crippen LogP contribution in [0, 0.1) is 0 Å². The molecule has 14 heteroatoms. The standard InChI is InChI=1S/C45H53N7O7/c1-44(2,3)58-32-23-36(51(26-32)42(55)34-11-9-21-49(34)7)39(53)47-30-17-13-28(14-18-30)38-25-46-41(57-38)29-15-19-31(20-16-29)48-40(54)37-24-33(59-45(4,5)6)27-52(37)43(56)35-12-10-22-50(35)8/h9-22,25,32-33,36-37H,23-24,26-27H2,1-8H3,(H,47,53)(H,48,54). The Kier molecular flexibility index (Phi) is 11.4. The Morgan fingerprint density at radius 3 is 1.46 bits per heavy atom. The number of nitrogens with one attached hydrogen (secondary N) is 2. The van der Waals surface area contributed by atoms with Crippen molar-refractivity contribution < 1.29 is 33.1 Å². The summed E-state index contributed by atoms with van der Waals surface area (Å²) in [5.74, 6) is -0.103. The van der Waals surface area contributed by atoms with Gasteiger partial charge in [0, 0.05) is 74.9 Å². The minimum atomic E-state index is -0.708. The molecule has 4 atom stereocenters. The summed E-state index contributed by atoms with van der Waals surface area (Å²) in [4.78, 5) is 62.2. The maximum Gasteiger partial charge on any atom is 0.271 e. The van der Waals surface area contributed by atoms with E-state index < -0.39 is 23.3 Å². The van der Waals surface area contributed by atoms with Crippen LogP contribution >= 0.6 is 0 Å². The van der Waals surface area contributed by atoms with E-state index in [0.29, 0.717) is 65.9 Å². The van der Waals surface area contributed by atoms with Crippen LogP contribution in [0.4, 0.5) is 11.4 Å². The van der Waals surface area contributed by atoms with Gasteiger partial charge in [-0.25, -0.2) is 4.98 Å². The summed E-state index contributed by atoms with van der Waals surface area (Å²) >= 11 is 0. The fourth-order valence-electron chi connectivity index (χ4n) is 7.78. The first-order chi connectivity index (χ1) is 27.9. The minimum Gasteiger partial charge on any atom is -0.436 e. The lowest BCUT2D eigenvalue weighted by Gasteiger charge is -2.25. The summed E-state index contributed by atoms with van der Waals surface area (Å²) in [7, 11) is 3.61. The lowest BCUT2D eigenvalue weighted by atomic mass is 10.1. The second-order valence-electron chi connectivity index (χ2n) is 17.3. The highest BCUT2D eigenvalue weighted by Gasteiger charge is 2.43. The second kappa shape index (κ2) is 16.3. The van der Waals surface area contributed by atoms with Gasteiger partial charge in [0.15, 0.2) is 5.76 Å². The molecule has 4 unspecified atom stereocenters. The summed E-state index contributed by atoms with van der Waals surface area (Å²) in [6, 6.07) is 20.1.